The van der Waals surface area contributed by atoms with E-state index in [1.165, 1.54) is 0 Å². The van der Waals surface area contributed by atoms with Gasteiger partial charge in [-0.1, -0.05) is 13.8 Å². The Balaban J connectivity index is 2.52. The SMILES string of the molecule is CCCC(=O)[C@@H]1OC(=O)C[C@@H]1C. The summed E-state index contributed by atoms with van der Waals surface area (Å²) < 4.78 is 4.90. The van der Waals surface area contributed by atoms with Crippen LogP contribution in [-0.2, 0) is 14.3 Å². The molecule has 0 aromatic rings. The number of rotatable bonds is 3. The molecule has 12 heavy (non-hydrogen) atoms. The molecular weight excluding hydrogens is 156 g/mol. The number of Topliss-reactive ketones (excluding diaryl/α,β-unsaturated/α-hetero) is 1. The van der Waals surface area contributed by atoms with Crippen molar-refractivity contribution in [1.29, 1.82) is 0 Å². The molecule has 3 nitrogen and oxygen atoms in total. The van der Waals surface area contributed by atoms with Crippen molar-refractivity contribution in [1.82, 2.24) is 0 Å². The summed E-state index contributed by atoms with van der Waals surface area (Å²) in [6.45, 7) is 3.82. The van der Waals surface area contributed by atoms with E-state index in [9.17, 15) is 9.59 Å². The number of hydrogen-bond acceptors (Lipinski definition) is 3. The van der Waals surface area contributed by atoms with E-state index in [1.807, 2.05) is 13.8 Å². The fourth-order valence-corrected chi connectivity index (χ4v) is 1.45. The molecule has 1 fully saturated rings. The Bertz CT molecular complexity index is 198. The molecular formula is C9H14O3. The summed E-state index contributed by atoms with van der Waals surface area (Å²) in [6.07, 6.45) is 1.26. The second-order valence-corrected chi connectivity index (χ2v) is 3.31. The van der Waals surface area contributed by atoms with Crippen molar-refractivity contribution in [3.8, 4) is 0 Å². The van der Waals surface area contributed by atoms with E-state index in [0.29, 0.717) is 12.8 Å². The molecule has 0 radical (unpaired) electrons. The van der Waals surface area contributed by atoms with Crippen LogP contribution in [0.1, 0.15) is 33.1 Å². The maximum absolute atomic E-state index is 11.3. The smallest absolute Gasteiger partial charge is 0.306 e. The first-order valence-electron chi connectivity index (χ1n) is 4.37. The highest BCUT2D eigenvalue weighted by Crippen LogP contribution is 2.23. The minimum atomic E-state index is -0.461. The van der Waals surface area contributed by atoms with Crippen LogP contribution in [0.15, 0.2) is 0 Å². The first-order chi connectivity index (χ1) is 5.65. The van der Waals surface area contributed by atoms with Gasteiger partial charge in [0.1, 0.15) is 0 Å². The molecule has 1 aliphatic heterocycles. The highest BCUT2D eigenvalue weighted by Gasteiger charge is 2.35. The first-order valence-corrected chi connectivity index (χ1v) is 4.37. The zero-order valence-corrected chi connectivity index (χ0v) is 7.50. The standard InChI is InChI=1S/C9H14O3/c1-3-4-7(10)9-6(2)5-8(11)12-9/h6,9H,3-5H2,1-2H3/t6-,9+/m0/s1. The maximum atomic E-state index is 11.3. The van der Waals surface area contributed by atoms with E-state index in [4.69, 9.17) is 4.74 Å². The van der Waals surface area contributed by atoms with Gasteiger partial charge in [0.05, 0.1) is 6.42 Å². The highest BCUT2D eigenvalue weighted by atomic mass is 16.6. The van der Waals surface area contributed by atoms with Gasteiger partial charge < -0.3 is 4.74 Å². The highest BCUT2D eigenvalue weighted by molar-refractivity contribution is 5.88. The molecule has 0 N–H and O–H groups in total. The molecule has 68 valence electrons. The second-order valence-electron chi connectivity index (χ2n) is 3.31. The zero-order valence-electron chi connectivity index (χ0n) is 7.50. The van der Waals surface area contributed by atoms with Crippen molar-refractivity contribution >= 4 is 11.8 Å². The molecule has 0 saturated carbocycles. The molecule has 1 rings (SSSR count). The average Bonchev–Trinajstić information content (AvgIpc) is 2.30. The van der Waals surface area contributed by atoms with Gasteiger partial charge >= 0.3 is 5.97 Å². The molecule has 1 aliphatic rings. The number of ketones is 1. The summed E-state index contributed by atoms with van der Waals surface area (Å²) in [5, 5.41) is 0. The number of hydrogen-bond donors (Lipinski definition) is 0. The lowest BCUT2D eigenvalue weighted by Crippen LogP contribution is -2.24. The van der Waals surface area contributed by atoms with Crippen LogP contribution < -0.4 is 0 Å². The Hall–Kier alpha value is -0.860. The Labute approximate surface area is 72.1 Å². The van der Waals surface area contributed by atoms with Crippen molar-refractivity contribution < 1.29 is 14.3 Å². The minimum absolute atomic E-state index is 0.0656. The van der Waals surface area contributed by atoms with Crippen LogP contribution >= 0.6 is 0 Å². The van der Waals surface area contributed by atoms with E-state index in [0.717, 1.165) is 6.42 Å². The topological polar surface area (TPSA) is 43.4 Å². The Morgan fingerprint density at radius 2 is 2.33 bits per heavy atom. The van der Waals surface area contributed by atoms with Crippen molar-refractivity contribution in [2.45, 2.75) is 39.2 Å². The maximum Gasteiger partial charge on any atom is 0.306 e. The van der Waals surface area contributed by atoms with E-state index in [-0.39, 0.29) is 17.7 Å². The lowest BCUT2D eigenvalue weighted by molar-refractivity contribution is -0.147. The van der Waals surface area contributed by atoms with Gasteiger partial charge in [0.15, 0.2) is 11.9 Å². The quantitative estimate of drug-likeness (QED) is 0.600. The lowest BCUT2D eigenvalue weighted by atomic mass is 9.98. The molecule has 1 saturated heterocycles. The monoisotopic (exact) mass is 170 g/mol. The molecule has 0 unspecified atom stereocenters. The number of esters is 1. The summed E-state index contributed by atoms with van der Waals surface area (Å²) in [6, 6.07) is 0. The van der Waals surface area contributed by atoms with Gasteiger partial charge in [-0.15, -0.1) is 0 Å². The Morgan fingerprint density at radius 1 is 1.67 bits per heavy atom. The second kappa shape index (κ2) is 3.70. The molecule has 0 spiro atoms. The third-order valence-corrected chi connectivity index (χ3v) is 2.08. The summed E-state index contributed by atoms with van der Waals surface area (Å²) in [5.41, 5.74) is 0. The van der Waals surface area contributed by atoms with Crippen LogP contribution in [0.5, 0.6) is 0 Å². The van der Waals surface area contributed by atoms with Gasteiger partial charge in [-0.05, 0) is 6.42 Å². The van der Waals surface area contributed by atoms with Crippen molar-refractivity contribution in [3.63, 3.8) is 0 Å². The molecule has 2 atom stereocenters. The van der Waals surface area contributed by atoms with Gasteiger partial charge in [0.25, 0.3) is 0 Å². The summed E-state index contributed by atoms with van der Waals surface area (Å²) in [5.74, 6) is -0.107. The van der Waals surface area contributed by atoms with Crippen molar-refractivity contribution in [3.05, 3.63) is 0 Å². The van der Waals surface area contributed by atoms with Gasteiger partial charge in [0, 0.05) is 12.3 Å². The molecule has 3 heteroatoms. The van der Waals surface area contributed by atoms with Crippen molar-refractivity contribution in [2.75, 3.05) is 0 Å². The van der Waals surface area contributed by atoms with Crippen LogP contribution in [0.25, 0.3) is 0 Å². The predicted octanol–water partition coefficient (Wildman–Crippen LogP) is 1.31. The Morgan fingerprint density at radius 3 is 2.75 bits per heavy atom. The minimum Gasteiger partial charge on any atom is -0.454 e. The lowest BCUT2D eigenvalue weighted by Gasteiger charge is -2.10. The number of carbonyl (C=O) groups is 2. The van der Waals surface area contributed by atoms with Crippen LogP contribution in [0.4, 0.5) is 0 Å². The molecule has 0 amide bonds. The number of cyclic esters (lactones) is 1. The summed E-state index contributed by atoms with van der Waals surface area (Å²) in [7, 11) is 0. The van der Waals surface area contributed by atoms with Gasteiger partial charge in [0.2, 0.25) is 0 Å². The van der Waals surface area contributed by atoms with E-state index >= 15 is 0 Å². The molecule has 0 aliphatic carbocycles. The third-order valence-electron chi connectivity index (χ3n) is 2.08. The average molecular weight is 170 g/mol. The largest absolute Gasteiger partial charge is 0.454 e. The third kappa shape index (κ3) is 1.84. The summed E-state index contributed by atoms with van der Waals surface area (Å²) in [4.78, 5) is 22.1. The van der Waals surface area contributed by atoms with E-state index in [2.05, 4.69) is 0 Å². The fraction of sp³-hybridized carbons (Fsp3) is 0.778. The Kier molecular flexibility index (Phi) is 2.84. The first kappa shape index (κ1) is 9.23. The molecule has 0 aromatic carbocycles. The van der Waals surface area contributed by atoms with Crippen LogP contribution in [0.2, 0.25) is 0 Å². The van der Waals surface area contributed by atoms with Crippen molar-refractivity contribution in [2.24, 2.45) is 5.92 Å². The number of ether oxygens (including phenoxy) is 1. The fourth-order valence-electron chi connectivity index (χ4n) is 1.45. The van der Waals surface area contributed by atoms with Gasteiger partial charge in [-0.3, -0.25) is 9.59 Å². The van der Waals surface area contributed by atoms with Crippen LogP contribution in [-0.4, -0.2) is 17.9 Å². The molecule has 1 heterocycles. The van der Waals surface area contributed by atoms with E-state index < -0.39 is 6.10 Å². The molecule has 0 bridgehead atoms. The van der Waals surface area contributed by atoms with Gasteiger partial charge in [-0.2, -0.15) is 0 Å². The number of carbonyl (C=O) groups excluding carboxylic acids is 2. The van der Waals surface area contributed by atoms with E-state index in [1.54, 1.807) is 0 Å². The molecule has 0 aromatic heterocycles. The zero-order chi connectivity index (χ0) is 9.14. The summed E-state index contributed by atoms with van der Waals surface area (Å²) >= 11 is 0. The normalized spacial score (nSPS) is 28.7. The van der Waals surface area contributed by atoms with Gasteiger partial charge in [-0.25, -0.2) is 0 Å². The predicted molar refractivity (Wildman–Crippen MR) is 43.6 cm³/mol. The van der Waals surface area contributed by atoms with Crippen LogP contribution in [0, 0.1) is 5.92 Å². The van der Waals surface area contributed by atoms with Crippen LogP contribution in [0.3, 0.4) is 0 Å².